The standard InChI is InChI=1S/C52H75N5O11/c1-10-46(58)66-33-30-63-37-51(12-3,38-64-31-34-67-47(59)11-2)39-65-32-35-68-50(62)41(6)55-26-28-57(29-27-55)49(61)40(5)43-16-14-42(15-17-43)36-52(13-4,53(7)8)48(60)44-18-20-45(21-19-44)56-24-22-54(9)23-25-56/h10-11,14-21,40H,1-2,6,12-13,22-39H2,3-5,7-9H3. The highest BCUT2D eigenvalue weighted by molar-refractivity contribution is 6.03. The lowest BCUT2D eigenvalue weighted by molar-refractivity contribution is -0.144. The van der Waals surface area contributed by atoms with E-state index in [1.54, 1.807) is 0 Å². The van der Waals surface area contributed by atoms with Crippen LogP contribution in [0.4, 0.5) is 5.69 Å². The number of anilines is 1. The first-order chi connectivity index (χ1) is 32.6. The molecule has 2 saturated heterocycles. The molecule has 2 atom stereocenters. The average molecular weight is 946 g/mol. The van der Waals surface area contributed by atoms with Crippen molar-refractivity contribution in [3.63, 3.8) is 0 Å². The fourth-order valence-corrected chi connectivity index (χ4v) is 8.30. The van der Waals surface area contributed by atoms with Crippen LogP contribution in [0.1, 0.15) is 61.0 Å². The molecule has 0 spiro atoms. The van der Waals surface area contributed by atoms with Crippen molar-refractivity contribution in [1.29, 1.82) is 0 Å². The molecule has 0 N–H and O–H groups in total. The Morgan fingerprint density at radius 2 is 1.18 bits per heavy atom. The zero-order chi connectivity index (χ0) is 49.7. The van der Waals surface area contributed by atoms with E-state index in [9.17, 15) is 24.0 Å². The van der Waals surface area contributed by atoms with Crippen LogP contribution in [0.25, 0.3) is 0 Å². The predicted molar refractivity (Wildman–Crippen MR) is 261 cm³/mol. The van der Waals surface area contributed by atoms with Gasteiger partial charge in [0.2, 0.25) is 5.91 Å². The van der Waals surface area contributed by atoms with Gasteiger partial charge in [0, 0.05) is 81.2 Å². The van der Waals surface area contributed by atoms with Crippen LogP contribution in [0, 0.1) is 5.41 Å². The van der Waals surface area contributed by atoms with E-state index >= 15 is 0 Å². The molecular formula is C52H75N5O11. The third kappa shape index (κ3) is 15.8. The molecule has 4 rings (SSSR count). The van der Waals surface area contributed by atoms with E-state index < -0.39 is 28.9 Å². The number of hydrogen-bond donors (Lipinski definition) is 0. The summed E-state index contributed by atoms with van der Waals surface area (Å²) in [5.41, 5.74) is 2.63. The van der Waals surface area contributed by atoms with Gasteiger partial charge in [-0.3, -0.25) is 14.5 Å². The summed E-state index contributed by atoms with van der Waals surface area (Å²) in [4.78, 5) is 74.2. The number of ketones is 1. The van der Waals surface area contributed by atoms with Gasteiger partial charge in [-0.05, 0) is 82.7 Å². The fourth-order valence-electron chi connectivity index (χ4n) is 8.30. The molecular weight excluding hydrogens is 871 g/mol. The van der Waals surface area contributed by atoms with Crippen molar-refractivity contribution in [3.8, 4) is 0 Å². The van der Waals surface area contributed by atoms with Gasteiger partial charge in [0.25, 0.3) is 0 Å². The average Bonchev–Trinajstić information content (AvgIpc) is 3.36. The molecule has 2 aromatic rings. The van der Waals surface area contributed by atoms with E-state index in [1.807, 2.05) is 79.0 Å². The smallest absolute Gasteiger partial charge is 0.354 e. The molecule has 2 fully saturated rings. The normalized spacial score (nSPS) is 15.8. The van der Waals surface area contributed by atoms with Crippen LogP contribution in [0.15, 0.2) is 86.1 Å². The summed E-state index contributed by atoms with van der Waals surface area (Å²) in [5, 5.41) is 0. The third-order valence-electron chi connectivity index (χ3n) is 13.1. The Bertz CT molecular complexity index is 1950. The summed E-state index contributed by atoms with van der Waals surface area (Å²) in [6.07, 6.45) is 3.93. The van der Waals surface area contributed by atoms with Gasteiger partial charge < -0.3 is 48.0 Å². The SMILES string of the molecule is C=CC(=O)OCCOCC(CC)(COCCOC(=O)C=C)COCCOC(=O)C(=C)N1CCN(C(=O)C(C)c2ccc(CC(CC)(C(=O)c3ccc(N4CCN(C)CC4)cc3)N(C)C)cc2)CC1. The summed E-state index contributed by atoms with van der Waals surface area (Å²) in [6.45, 7) is 23.5. The zero-order valence-electron chi connectivity index (χ0n) is 41.3. The summed E-state index contributed by atoms with van der Waals surface area (Å²) < 4.78 is 33.0. The number of carbonyl (C=O) groups is 5. The minimum absolute atomic E-state index is 0.000319. The topological polar surface area (TPSA) is 157 Å². The molecule has 1 amide bonds. The van der Waals surface area contributed by atoms with E-state index in [0.29, 0.717) is 51.0 Å². The summed E-state index contributed by atoms with van der Waals surface area (Å²) >= 11 is 0. The minimum atomic E-state index is -0.740. The van der Waals surface area contributed by atoms with E-state index in [4.69, 9.17) is 28.4 Å². The molecule has 2 aliphatic rings. The maximum Gasteiger partial charge on any atom is 0.354 e. The van der Waals surface area contributed by atoms with Crippen LogP contribution >= 0.6 is 0 Å². The maximum absolute atomic E-state index is 14.3. The first-order valence-electron chi connectivity index (χ1n) is 23.7. The lowest BCUT2D eigenvalue weighted by Gasteiger charge is -2.38. The van der Waals surface area contributed by atoms with Crippen LogP contribution in [0.5, 0.6) is 0 Å². The van der Waals surface area contributed by atoms with Gasteiger partial charge in [-0.15, -0.1) is 0 Å². The second kappa shape index (κ2) is 27.6. The number of esters is 3. The van der Waals surface area contributed by atoms with Gasteiger partial charge >= 0.3 is 17.9 Å². The Kier molecular flexibility index (Phi) is 22.4. The number of Topliss-reactive ketones (excluding diaryl/α,β-unsaturated/α-hetero) is 1. The molecule has 0 aliphatic carbocycles. The minimum Gasteiger partial charge on any atom is -0.460 e. The molecule has 2 unspecified atom stereocenters. The molecule has 0 bridgehead atoms. The number of piperazine rings is 2. The summed E-state index contributed by atoms with van der Waals surface area (Å²) in [6, 6.07) is 16.1. The van der Waals surface area contributed by atoms with E-state index in [-0.39, 0.29) is 82.8 Å². The highest BCUT2D eigenvalue weighted by atomic mass is 16.6. The van der Waals surface area contributed by atoms with Gasteiger partial charge in [0.05, 0.1) is 51.1 Å². The van der Waals surface area contributed by atoms with Gasteiger partial charge in [0.15, 0.2) is 5.78 Å². The predicted octanol–water partition coefficient (Wildman–Crippen LogP) is 4.78. The molecule has 0 saturated carbocycles. The monoisotopic (exact) mass is 946 g/mol. The Labute approximate surface area is 403 Å². The molecule has 374 valence electrons. The van der Waals surface area contributed by atoms with Crippen molar-refractivity contribution in [2.24, 2.45) is 5.41 Å². The van der Waals surface area contributed by atoms with Gasteiger partial charge in [-0.25, -0.2) is 14.4 Å². The molecule has 16 heteroatoms. The molecule has 2 aromatic carbocycles. The molecule has 2 heterocycles. The molecule has 2 aliphatic heterocycles. The fraction of sp³-hybridized carbons (Fsp3) is 0.558. The highest BCUT2D eigenvalue weighted by Crippen LogP contribution is 2.30. The second-order valence-corrected chi connectivity index (χ2v) is 17.7. The first kappa shape index (κ1) is 55.2. The van der Waals surface area contributed by atoms with Crippen LogP contribution in [0.2, 0.25) is 0 Å². The molecule has 0 radical (unpaired) electrons. The Morgan fingerprint density at radius 1 is 0.676 bits per heavy atom. The van der Waals surface area contributed by atoms with E-state index in [0.717, 1.165) is 55.1 Å². The van der Waals surface area contributed by atoms with Crippen LogP contribution in [-0.2, 0) is 54.0 Å². The van der Waals surface area contributed by atoms with Crippen molar-refractivity contribution < 1.29 is 52.4 Å². The van der Waals surface area contributed by atoms with Crippen molar-refractivity contribution in [2.75, 3.05) is 138 Å². The lowest BCUT2D eigenvalue weighted by Crippen LogP contribution is -2.52. The molecule has 0 aromatic heterocycles. The second-order valence-electron chi connectivity index (χ2n) is 17.7. The highest BCUT2D eigenvalue weighted by Gasteiger charge is 2.40. The number of amides is 1. The Balaban J connectivity index is 1.23. The van der Waals surface area contributed by atoms with Crippen molar-refractivity contribution in [1.82, 2.24) is 19.6 Å². The van der Waals surface area contributed by atoms with Crippen molar-refractivity contribution >= 4 is 35.3 Å². The quantitative estimate of drug-likeness (QED) is 0.0361. The number of ether oxygens (including phenoxy) is 6. The largest absolute Gasteiger partial charge is 0.460 e. The van der Waals surface area contributed by atoms with Crippen LogP contribution in [-0.4, -0.2) is 188 Å². The molecule has 68 heavy (non-hydrogen) atoms. The number of benzene rings is 2. The number of carbonyl (C=O) groups excluding carboxylic acids is 5. The number of likely N-dealkylation sites (N-methyl/N-ethyl adjacent to an activating group) is 2. The van der Waals surface area contributed by atoms with Gasteiger partial charge in [0.1, 0.15) is 25.5 Å². The van der Waals surface area contributed by atoms with Crippen LogP contribution < -0.4 is 4.90 Å². The Hall–Kier alpha value is -5.39. The first-order valence-corrected chi connectivity index (χ1v) is 23.7. The van der Waals surface area contributed by atoms with Gasteiger partial charge in [-0.2, -0.15) is 0 Å². The number of rotatable bonds is 29. The Morgan fingerprint density at radius 3 is 1.65 bits per heavy atom. The summed E-state index contributed by atoms with van der Waals surface area (Å²) in [7, 11) is 6.07. The van der Waals surface area contributed by atoms with Gasteiger partial charge in [-0.1, -0.05) is 57.8 Å². The number of hydrogen-bond acceptors (Lipinski definition) is 15. The van der Waals surface area contributed by atoms with Crippen molar-refractivity contribution in [2.45, 2.75) is 51.5 Å². The molecule has 16 nitrogen and oxygen atoms in total. The van der Waals surface area contributed by atoms with Crippen LogP contribution in [0.3, 0.4) is 0 Å². The lowest BCUT2D eigenvalue weighted by atomic mass is 9.80. The maximum atomic E-state index is 14.3. The number of nitrogens with zero attached hydrogens (tertiary/aromatic N) is 5. The summed E-state index contributed by atoms with van der Waals surface area (Å²) in [5.74, 6) is -1.95. The zero-order valence-corrected chi connectivity index (χ0v) is 41.3. The van der Waals surface area contributed by atoms with E-state index in [1.165, 1.54) is 0 Å². The third-order valence-corrected chi connectivity index (χ3v) is 13.1. The van der Waals surface area contributed by atoms with Crippen molar-refractivity contribution in [3.05, 3.63) is 103 Å². The van der Waals surface area contributed by atoms with E-state index in [2.05, 4.69) is 55.6 Å².